The molecular weight excluding hydrogens is 431 g/mol. The van der Waals surface area contributed by atoms with Crippen LogP contribution in [-0.2, 0) is 24.2 Å². The Kier molecular flexibility index (Phi) is 7.41. The smallest absolute Gasteiger partial charge is 0.416 e. The summed E-state index contributed by atoms with van der Waals surface area (Å²) in [6.07, 6.45) is -2.95. The molecule has 0 aliphatic carbocycles. The van der Waals surface area contributed by atoms with Crippen molar-refractivity contribution >= 4 is 17.8 Å². The molecule has 0 unspecified atom stereocenters. The molecule has 0 fully saturated rings. The van der Waals surface area contributed by atoms with Crippen LogP contribution in [0.3, 0.4) is 0 Å². The molecule has 162 valence electrons. The highest BCUT2D eigenvalue weighted by Crippen LogP contribution is 2.30. The van der Waals surface area contributed by atoms with Gasteiger partial charge in [0, 0.05) is 10.6 Å². The van der Waals surface area contributed by atoms with Gasteiger partial charge >= 0.3 is 6.18 Å². The Hall–Kier alpha value is -3.19. The predicted molar refractivity (Wildman–Crippen MR) is 113 cm³/mol. The van der Waals surface area contributed by atoms with E-state index in [0.717, 1.165) is 17.7 Å². The molecule has 0 aromatic heterocycles. The minimum Gasteiger partial charge on any atom is -0.493 e. The van der Waals surface area contributed by atoms with E-state index in [1.807, 2.05) is 12.1 Å². The van der Waals surface area contributed by atoms with Crippen LogP contribution in [0.1, 0.15) is 22.3 Å². The molecule has 31 heavy (non-hydrogen) atoms. The number of halogens is 4. The van der Waals surface area contributed by atoms with Gasteiger partial charge in [-0.2, -0.15) is 13.2 Å². The van der Waals surface area contributed by atoms with Gasteiger partial charge in [-0.15, -0.1) is 0 Å². The van der Waals surface area contributed by atoms with Crippen LogP contribution < -0.4 is 9.47 Å². The average Bonchev–Trinajstić information content (AvgIpc) is 2.76. The fraction of sp³-hybridized carbons (Fsp3) is 0.174. The molecule has 0 N–H and O–H groups in total. The summed E-state index contributed by atoms with van der Waals surface area (Å²) < 4.78 is 49.4. The summed E-state index contributed by atoms with van der Waals surface area (Å²) in [5.41, 5.74) is 1.28. The Labute approximate surface area is 182 Å². The summed E-state index contributed by atoms with van der Waals surface area (Å²) in [4.78, 5) is 5.13. The number of hydrogen-bond donors (Lipinski definition) is 0. The van der Waals surface area contributed by atoms with Crippen LogP contribution in [0.25, 0.3) is 0 Å². The number of nitrogens with zero attached hydrogens (tertiary/aromatic N) is 1. The summed E-state index contributed by atoms with van der Waals surface area (Å²) in [6, 6.07) is 17.5. The zero-order valence-electron chi connectivity index (χ0n) is 16.5. The van der Waals surface area contributed by atoms with Gasteiger partial charge in [-0.25, -0.2) is 0 Å². The lowest BCUT2D eigenvalue weighted by molar-refractivity contribution is -0.137. The van der Waals surface area contributed by atoms with E-state index < -0.39 is 11.7 Å². The summed E-state index contributed by atoms with van der Waals surface area (Å²) in [6.45, 7) is 0.265. The van der Waals surface area contributed by atoms with Crippen molar-refractivity contribution in [2.24, 2.45) is 5.16 Å². The van der Waals surface area contributed by atoms with Crippen LogP contribution >= 0.6 is 11.6 Å². The summed E-state index contributed by atoms with van der Waals surface area (Å²) in [5.74, 6) is 1.07. The van der Waals surface area contributed by atoms with Crippen LogP contribution in [0.15, 0.2) is 71.9 Å². The van der Waals surface area contributed by atoms with E-state index in [2.05, 4.69) is 5.16 Å². The molecule has 4 nitrogen and oxygen atoms in total. The molecule has 8 heteroatoms. The number of hydrogen-bond acceptors (Lipinski definition) is 4. The number of alkyl halides is 3. The molecule has 0 aliphatic heterocycles. The lowest BCUT2D eigenvalue weighted by Crippen LogP contribution is -2.05. The predicted octanol–water partition coefficient (Wildman–Crippen LogP) is 6.50. The first-order valence-corrected chi connectivity index (χ1v) is 9.60. The van der Waals surface area contributed by atoms with Crippen molar-refractivity contribution in [3.05, 3.63) is 94.0 Å². The van der Waals surface area contributed by atoms with Gasteiger partial charge in [-0.05, 0) is 53.6 Å². The molecule has 3 aromatic carbocycles. The van der Waals surface area contributed by atoms with Crippen LogP contribution in [0.4, 0.5) is 13.2 Å². The summed E-state index contributed by atoms with van der Waals surface area (Å²) in [5, 5.41) is 4.47. The van der Waals surface area contributed by atoms with Gasteiger partial charge in [0.2, 0.25) is 0 Å². The topological polar surface area (TPSA) is 40.0 Å². The third kappa shape index (κ3) is 6.65. The van der Waals surface area contributed by atoms with E-state index in [9.17, 15) is 13.2 Å². The van der Waals surface area contributed by atoms with E-state index in [0.29, 0.717) is 34.3 Å². The Bertz CT molecular complexity index is 1040. The number of oxime groups is 1. The zero-order chi connectivity index (χ0) is 22.3. The average molecular weight is 450 g/mol. The highest BCUT2D eigenvalue weighted by atomic mass is 35.5. The first-order chi connectivity index (χ1) is 14.8. The molecule has 0 saturated carbocycles. The molecule has 0 radical (unpaired) electrons. The quantitative estimate of drug-likeness (QED) is 0.291. The molecule has 0 aliphatic rings. The minimum absolute atomic E-state index is 0.0835. The van der Waals surface area contributed by atoms with Gasteiger partial charge in [0.25, 0.3) is 0 Å². The van der Waals surface area contributed by atoms with Crippen molar-refractivity contribution in [2.75, 3.05) is 7.11 Å². The van der Waals surface area contributed by atoms with Gasteiger partial charge < -0.3 is 14.3 Å². The number of ether oxygens (including phenoxy) is 2. The molecule has 0 atom stereocenters. The first kappa shape index (κ1) is 22.5. The van der Waals surface area contributed by atoms with Gasteiger partial charge in [-0.3, -0.25) is 0 Å². The normalized spacial score (nSPS) is 11.5. The van der Waals surface area contributed by atoms with Crippen molar-refractivity contribution in [2.45, 2.75) is 19.4 Å². The zero-order valence-corrected chi connectivity index (χ0v) is 17.3. The van der Waals surface area contributed by atoms with E-state index in [-0.39, 0.29) is 6.61 Å². The van der Waals surface area contributed by atoms with E-state index in [1.165, 1.54) is 19.4 Å². The largest absolute Gasteiger partial charge is 0.493 e. The number of methoxy groups -OCH3 is 1. The van der Waals surface area contributed by atoms with Crippen molar-refractivity contribution in [3.63, 3.8) is 0 Å². The standard InChI is InChI=1S/C23H19ClF3NO3/c1-29-22-12-17(7-10-21(22)30-14-16-5-8-20(24)9-6-16)13-28-31-15-18-3-2-4-19(11-18)23(25,26)27/h2-13H,14-15H2,1H3/b28-13+. The van der Waals surface area contributed by atoms with Gasteiger partial charge in [-0.1, -0.05) is 41.0 Å². The maximum atomic E-state index is 12.8. The molecule has 0 heterocycles. The van der Waals surface area contributed by atoms with E-state index >= 15 is 0 Å². The fourth-order valence-electron chi connectivity index (χ4n) is 2.67. The van der Waals surface area contributed by atoms with Gasteiger partial charge in [0.15, 0.2) is 11.5 Å². The Morgan fingerprint density at radius 2 is 1.68 bits per heavy atom. The summed E-state index contributed by atoms with van der Waals surface area (Å²) >= 11 is 5.88. The highest BCUT2D eigenvalue weighted by Gasteiger charge is 2.30. The maximum absolute atomic E-state index is 12.8. The fourth-order valence-corrected chi connectivity index (χ4v) is 2.80. The first-order valence-electron chi connectivity index (χ1n) is 9.22. The van der Waals surface area contributed by atoms with Crippen LogP contribution in [0.2, 0.25) is 5.02 Å². The van der Waals surface area contributed by atoms with E-state index in [1.54, 1.807) is 36.4 Å². The Balaban J connectivity index is 1.58. The maximum Gasteiger partial charge on any atom is 0.416 e. The van der Waals surface area contributed by atoms with Crippen LogP contribution in [0.5, 0.6) is 11.5 Å². The van der Waals surface area contributed by atoms with Crippen molar-refractivity contribution < 1.29 is 27.5 Å². The van der Waals surface area contributed by atoms with Gasteiger partial charge in [0.1, 0.15) is 13.2 Å². The van der Waals surface area contributed by atoms with Crippen LogP contribution in [-0.4, -0.2) is 13.3 Å². The van der Waals surface area contributed by atoms with Gasteiger partial charge in [0.05, 0.1) is 18.9 Å². The minimum atomic E-state index is -4.40. The SMILES string of the molecule is COc1cc(/C=N/OCc2cccc(C(F)(F)F)c2)ccc1OCc1ccc(Cl)cc1. The number of benzene rings is 3. The second kappa shape index (κ2) is 10.2. The highest BCUT2D eigenvalue weighted by molar-refractivity contribution is 6.30. The lowest BCUT2D eigenvalue weighted by atomic mass is 10.1. The summed E-state index contributed by atoms with van der Waals surface area (Å²) in [7, 11) is 1.52. The van der Waals surface area contributed by atoms with Crippen molar-refractivity contribution in [3.8, 4) is 11.5 Å². The third-order valence-electron chi connectivity index (χ3n) is 4.26. The number of rotatable bonds is 8. The molecule has 0 saturated heterocycles. The molecule has 0 bridgehead atoms. The molecular formula is C23H19ClF3NO3. The molecule has 3 aromatic rings. The second-order valence-corrected chi connectivity index (χ2v) is 6.97. The van der Waals surface area contributed by atoms with Crippen molar-refractivity contribution in [1.29, 1.82) is 0 Å². The second-order valence-electron chi connectivity index (χ2n) is 6.53. The van der Waals surface area contributed by atoms with E-state index in [4.69, 9.17) is 25.9 Å². The molecule has 3 rings (SSSR count). The van der Waals surface area contributed by atoms with Crippen molar-refractivity contribution in [1.82, 2.24) is 0 Å². The molecule has 0 amide bonds. The Morgan fingerprint density at radius 3 is 2.39 bits per heavy atom. The van der Waals surface area contributed by atoms with Crippen LogP contribution in [0, 0.1) is 0 Å². The third-order valence-corrected chi connectivity index (χ3v) is 4.51. The lowest BCUT2D eigenvalue weighted by Gasteiger charge is -2.11. The Morgan fingerprint density at radius 1 is 0.903 bits per heavy atom. The molecule has 0 spiro atoms. The monoisotopic (exact) mass is 449 g/mol.